The highest BCUT2D eigenvalue weighted by Gasteiger charge is 1.97. The molecule has 0 spiro atoms. The Morgan fingerprint density at radius 3 is 3.00 bits per heavy atom. The van der Waals surface area contributed by atoms with Crippen molar-refractivity contribution in [3.63, 3.8) is 0 Å². The van der Waals surface area contributed by atoms with E-state index in [0.29, 0.717) is 6.54 Å². The summed E-state index contributed by atoms with van der Waals surface area (Å²) in [5.74, 6) is 0. The highest BCUT2D eigenvalue weighted by atomic mass is 15.5. The van der Waals surface area contributed by atoms with Gasteiger partial charge in [0.05, 0.1) is 6.54 Å². The zero-order valence-corrected chi connectivity index (χ0v) is 3.76. The normalized spacial score (nSPS) is 16.1. The Balaban J connectivity index is 2.39. The molecule has 1 aliphatic heterocycles. The number of rotatable bonds is 0. The quantitative estimate of drug-likeness (QED) is 0.423. The van der Waals surface area contributed by atoms with Crippen LogP contribution in [0.3, 0.4) is 0 Å². The molecule has 0 saturated carbocycles. The van der Waals surface area contributed by atoms with Crippen LogP contribution < -0.4 is 5.43 Å². The van der Waals surface area contributed by atoms with E-state index in [9.17, 15) is 0 Å². The van der Waals surface area contributed by atoms with Crippen LogP contribution in [0.25, 0.3) is 0 Å². The average Bonchev–Trinajstić information content (AvgIpc) is 2.14. The van der Waals surface area contributed by atoms with Crippen molar-refractivity contribution in [1.82, 2.24) is 10.4 Å². The van der Waals surface area contributed by atoms with Gasteiger partial charge in [-0.3, -0.25) is 5.43 Å². The molecule has 0 aromatic rings. The lowest BCUT2D eigenvalue weighted by molar-refractivity contribution is 0.394. The molecule has 0 unspecified atom stereocenters. The molecule has 0 fully saturated rings. The molecule has 1 rings (SSSR count). The molecule has 0 atom stereocenters. The fourth-order valence-corrected chi connectivity index (χ4v) is 0.423. The molecule has 1 heterocycles. The summed E-state index contributed by atoms with van der Waals surface area (Å²) in [6.07, 6.45) is 5.54. The van der Waals surface area contributed by atoms with E-state index in [-0.39, 0.29) is 0 Å². The minimum atomic E-state index is 0.691. The van der Waals surface area contributed by atoms with Crippen LogP contribution in [0.2, 0.25) is 0 Å². The van der Waals surface area contributed by atoms with Crippen molar-refractivity contribution in [2.45, 2.75) is 0 Å². The van der Waals surface area contributed by atoms with Crippen molar-refractivity contribution in [1.29, 1.82) is 5.26 Å². The van der Waals surface area contributed by atoms with Crippen LogP contribution in [-0.4, -0.2) is 11.6 Å². The highest BCUT2D eigenvalue weighted by molar-refractivity contribution is 4.93. The van der Waals surface area contributed by atoms with Gasteiger partial charge in [0.25, 0.3) is 0 Å². The SMILES string of the molecule is N#CN1CC=CN1. The molecular weight excluding hydrogens is 90.1 g/mol. The monoisotopic (exact) mass is 95.0 g/mol. The average molecular weight is 95.1 g/mol. The van der Waals surface area contributed by atoms with Crippen LogP contribution >= 0.6 is 0 Å². The summed E-state index contributed by atoms with van der Waals surface area (Å²) in [5, 5.41) is 9.57. The number of nitriles is 1. The van der Waals surface area contributed by atoms with E-state index in [1.807, 2.05) is 12.3 Å². The molecule has 1 aliphatic rings. The second-order valence-electron chi connectivity index (χ2n) is 1.24. The largest absolute Gasteiger partial charge is 0.297 e. The van der Waals surface area contributed by atoms with Crippen LogP contribution in [0.5, 0.6) is 0 Å². The molecule has 7 heavy (non-hydrogen) atoms. The maximum Gasteiger partial charge on any atom is 0.200 e. The van der Waals surface area contributed by atoms with E-state index in [0.717, 1.165) is 0 Å². The number of nitrogens with zero attached hydrogens (tertiary/aromatic N) is 2. The van der Waals surface area contributed by atoms with Crippen LogP contribution in [0, 0.1) is 11.5 Å². The summed E-state index contributed by atoms with van der Waals surface area (Å²) >= 11 is 0. The predicted molar refractivity (Wildman–Crippen MR) is 24.6 cm³/mol. The third-order valence-electron chi connectivity index (χ3n) is 0.757. The molecule has 3 heteroatoms. The van der Waals surface area contributed by atoms with Crippen molar-refractivity contribution in [2.75, 3.05) is 6.54 Å². The zero-order valence-electron chi connectivity index (χ0n) is 3.76. The summed E-state index contributed by atoms with van der Waals surface area (Å²) in [4.78, 5) is 0. The van der Waals surface area contributed by atoms with E-state index < -0.39 is 0 Å². The minimum absolute atomic E-state index is 0.691. The molecule has 0 bridgehead atoms. The Labute approximate surface area is 41.8 Å². The Hall–Kier alpha value is -1.17. The molecule has 1 N–H and O–H groups in total. The van der Waals surface area contributed by atoms with E-state index in [2.05, 4.69) is 5.43 Å². The van der Waals surface area contributed by atoms with Crippen LogP contribution in [0.4, 0.5) is 0 Å². The Kier molecular flexibility index (Phi) is 0.868. The molecule has 0 amide bonds. The van der Waals surface area contributed by atoms with Crippen molar-refractivity contribution < 1.29 is 0 Å². The van der Waals surface area contributed by atoms with E-state index in [1.165, 1.54) is 5.01 Å². The van der Waals surface area contributed by atoms with Gasteiger partial charge < -0.3 is 0 Å². The number of hydrazine groups is 1. The lowest BCUT2D eigenvalue weighted by Gasteiger charge is -2.03. The number of hydrogen-bond donors (Lipinski definition) is 1. The molecule has 0 radical (unpaired) electrons. The smallest absolute Gasteiger partial charge is 0.200 e. The van der Waals surface area contributed by atoms with Gasteiger partial charge >= 0.3 is 0 Å². The summed E-state index contributed by atoms with van der Waals surface area (Å²) in [7, 11) is 0. The fourth-order valence-electron chi connectivity index (χ4n) is 0.423. The molecule has 3 nitrogen and oxygen atoms in total. The molecule has 0 aliphatic carbocycles. The van der Waals surface area contributed by atoms with Gasteiger partial charge in [0.15, 0.2) is 6.19 Å². The first-order chi connectivity index (χ1) is 3.43. The van der Waals surface area contributed by atoms with Crippen molar-refractivity contribution in [2.24, 2.45) is 0 Å². The van der Waals surface area contributed by atoms with Crippen LogP contribution in [0.1, 0.15) is 0 Å². The first-order valence-electron chi connectivity index (χ1n) is 2.02. The lowest BCUT2D eigenvalue weighted by Crippen LogP contribution is -2.23. The third-order valence-corrected chi connectivity index (χ3v) is 0.757. The van der Waals surface area contributed by atoms with Gasteiger partial charge in [0.1, 0.15) is 0 Å². The summed E-state index contributed by atoms with van der Waals surface area (Å²) in [5.41, 5.74) is 2.70. The van der Waals surface area contributed by atoms with Gasteiger partial charge in [-0.2, -0.15) is 5.26 Å². The molecule has 0 saturated heterocycles. The molecule has 36 valence electrons. The lowest BCUT2D eigenvalue weighted by atomic mass is 10.6. The molecule has 0 aromatic heterocycles. The summed E-state index contributed by atoms with van der Waals surface area (Å²) < 4.78 is 0. The number of hydrogen-bond acceptors (Lipinski definition) is 3. The predicted octanol–water partition coefficient (Wildman–Crippen LogP) is -0.199. The van der Waals surface area contributed by atoms with Crippen molar-refractivity contribution in [3.05, 3.63) is 12.3 Å². The van der Waals surface area contributed by atoms with Crippen molar-refractivity contribution in [3.8, 4) is 6.19 Å². The maximum absolute atomic E-state index is 8.14. The van der Waals surface area contributed by atoms with E-state index in [4.69, 9.17) is 5.26 Å². The molecular formula is C4H5N3. The van der Waals surface area contributed by atoms with Crippen LogP contribution in [0.15, 0.2) is 12.3 Å². The maximum atomic E-state index is 8.14. The topological polar surface area (TPSA) is 39.1 Å². The summed E-state index contributed by atoms with van der Waals surface area (Å²) in [6.45, 7) is 0.691. The van der Waals surface area contributed by atoms with Crippen LogP contribution in [-0.2, 0) is 0 Å². The second kappa shape index (κ2) is 1.52. The first kappa shape index (κ1) is 4.00. The Morgan fingerprint density at radius 1 is 1.86 bits per heavy atom. The van der Waals surface area contributed by atoms with Gasteiger partial charge in [-0.15, -0.1) is 0 Å². The van der Waals surface area contributed by atoms with Crippen molar-refractivity contribution >= 4 is 0 Å². The summed E-state index contributed by atoms with van der Waals surface area (Å²) in [6, 6.07) is 0. The minimum Gasteiger partial charge on any atom is -0.297 e. The highest BCUT2D eigenvalue weighted by Crippen LogP contribution is 1.86. The van der Waals surface area contributed by atoms with Gasteiger partial charge in [0.2, 0.25) is 0 Å². The van der Waals surface area contributed by atoms with Gasteiger partial charge in [-0.25, -0.2) is 5.01 Å². The molecule has 0 aromatic carbocycles. The Morgan fingerprint density at radius 2 is 2.71 bits per heavy atom. The third kappa shape index (κ3) is 0.631. The fraction of sp³-hybridized carbons (Fsp3) is 0.250. The zero-order chi connectivity index (χ0) is 5.11. The second-order valence-corrected chi connectivity index (χ2v) is 1.24. The van der Waals surface area contributed by atoms with Gasteiger partial charge in [0, 0.05) is 6.20 Å². The first-order valence-corrected chi connectivity index (χ1v) is 2.02. The van der Waals surface area contributed by atoms with Gasteiger partial charge in [-0.05, 0) is 6.08 Å². The van der Waals surface area contributed by atoms with Gasteiger partial charge in [-0.1, -0.05) is 0 Å². The Bertz CT molecular complexity index is 113. The van der Waals surface area contributed by atoms with E-state index >= 15 is 0 Å². The van der Waals surface area contributed by atoms with E-state index in [1.54, 1.807) is 6.20 Å². The number of nitrogens with one attached hydrogen (secondary N) is 1. The standard InChI is InChI=1S/C4H5N3/c5-4-7-3-1-2-6-7/h1-2,6H,3H2.